The van der Waals surface area contributed by atoms with Crippen molar-refractivity contribution >= 4 is 23.6 Å². The summed E-state index contributed by atoms with van der Waals surface area (Å²) in [5.41, 5.74) is 0.0574. The summed E-state index contributed by atoms with van der Waals surface area (Å²) in [4.78, 5) is 22.6. The van der Waals surface area contributed by atoms with Gasteiger partial charge in [-0.3, -0.25) is 4.79 Å². The lowest BCUT2D eigenvalue weighted by molar-refractivity contribution is -0.120. The van der Waals surface area contributed by atoms with Gasteiger partial charge in [0.25, 0.3) is 0 Å². The van der Waals surface area contributed by atoms with E-state index in [0.717, 1.165) is 18.9 Å². The third kappa shape index (κ3) is 3.70. The zero-order valence-electron chi connectivity index (χ0n) is 10.2. The normalized spacial score (nSPS) is 19.6. The van der Waals surface area contributed by atoms with Gasteiger partial charge in [-0.05, 0) is 31.0 Å². The van der Waals surface area contributed by atoms with Gasteiger partial charge in [-0.1, -0.05) is 0 Å². The van der Waals surface area contributed by atoms with Crippen molar-refractivity contribution in [3.05, 3.63) is 29.6 Å². The van der Waals surface area contributed by atoms with E-state index < -0.39 is 11.8 Å². The van der Waals surface area contributed by atoms with E-state index in [0.29, 0.717) is 17.9 Å². The standard InChI is InChI=1S/C13H14FNO3S/c14-10-4-3-8(13(17)18)6-11(10)19-9-2-1-5-15-12(16)7-9/h3-4,6,9H,1-2,5,7H2,(H,15,16)(H,17,18). The third-order valence-corrected chi connectivity index (χ3v) is 4.21. The highest BCUT2D eigenvalue weighted by Crippen LogP contribution is 2.32. The molecule has 1 saturated heterocycles. The quantitative estimate of drug-likeness (QED) is 0.893. The molecule has 1 aromatic rings. The molecular weight excluding hydrogens is 269 g/mol. The number of carbonyl (C=O) groups excluding carboxylic acids is 1. The van der Waals surface area contributed by atoms with Gasteiger partial charge in [0.15, 0.2) is 0 Å². The monoisotopic (exact) mass is 283 g/mol. The molecule has 1 heterocycles. The number of amides is 1. The molecule has 0 radical (unpaired) electrons. The molecule has 0 aromatic heterocycles. The van der Waals surface area contributed by atoms with Crippen LogP contribution in [0.25, 0.3) is 0 Å². The molecule has 0 saturated carbocycles. The van der Waals surface area contributed by atoms with Gasteiger partial charge in [0.2, 0.25) is 5.91 Å². The van der Waals surface area contributed by atoms with Gasteiger partial charge in [0.1, 0.15) is 5.82 Å². The molecule has 2 N–H and O–H groups in total. The van der Waals surface area contributed by atoms with Gasteiger partial charge >= 0.3 is 5.97 Å². The molecule has 1 atom stereocenters. The minimum atomic E-state index is -1.08. The maximum absolute atomic E-state index is 13.7. The van der Waals surface area contributed by atoms with Crippen LogP contribution in [0.15, 0.2) is 23.1 Å². The molecule has 6 heteroatoms. The van der Waals surface area contributed by atoms with Gasteiger partial charge in [-0.2, -0.15) is 0 Å². The van der Waals surface area contributed by atoms with Crippen LogP contribution in [0.5, 0.6) is 0 Å². The van der Waals surface area contributed by atoms with E-state index in [1.165, 1.54) is 23.9 Å². The topological polar surface area (TPSA) is 66.4 Å². The predicted octanol–water partition coefficient (Wildman–Crippen LogP) is 2.28. The number of nitrogens with one attached hydrogen (secondary N) is 1. The molecular formula is C13H14FNO3S. The highest BCUT2D eigenvalue weighted by molar-refractivity contribution is 8.00. The summed E-state index contributed by atoms with van der Waals surface area (Å²) >= 11 is 1.24. The van der Waals surface area contributed by atoms with Gasteiger partial charge in [-0.15, -0.1) is 11.8 Å². The van der Waals surface area contributed by atoms with E-state index in [1.807, 2.05) is 0 Å². The number of halogens is 1. The second-order valence-electron chi connectivity index (χ2n) is 4.39. The Labute approximate surface area is 114 Å². The zero-order valence-corrected chi connectivity index (χ0v) is 11.0. The number of rotatable bonds is 3. The fraction of sp³-hybridized carbons (Fsp3) is 0.385. The lowest BCUT2D eigenvalue weighted by Crippen LogP contribution is -2.22. The molecule has 102 valence electrons. The van der Waals surface area contributed by atoms with Crippen LogP contribution in [0.3, 0.4) is 0 Å². The van der Waals surface area contributed by atoms with Gasteiger partial charge in [0.05, 0.1) is 5.56 Å². The van der Waals surface area contributed by atoms with Crippen LogP contribution in [0.4, 0.5) is 4.39 Å². The minimum absolute atomic E-state index is 0.0129. The first kappa shape index (κ1) is 13.9. The molecule has 0 bridgehead atoms. The van der Waals surface area contributed by atoms with E-state index >= 15 is 0 Å². The Balaban J connectivity index is 2.15. The maximum Gasteiger partial charge on any atom is 0.335 e. The van der Waals surface area contributed by atoms with Crippen molar-refractivity contribution in [2.45, 2.75) is 29.4 Å². The lowest BCUT2D eigenvalue weighted by Gasteiger charge is -2.13. The van der Waals surface area contributed by atoms with Crippen molar-refractivity contribution in [2.75, 3.05) is 6.54 Å². The second-order valence-corrected chi connectivity index (χ2v) is 5.73. The molecule has 0 spiro atoms. The van der Waals surface area contributed by atoms with Crippen LogP contribution in [-0.4, -0.2) is 28.8 Å². The average Bonchev–Trinajstić information content (AvgIpc) is 2.56. The van der Waals surface area contributed by atoms with Crippen LogP contribution in [-0.2, 0) is 4.79 Å². The number of aromatic carboxylic acids is 1. The molecule has 1 fully saturated rings. The number of thioether (sulfide) groups is 1. The highest BCUT2D eigenvalue weighted by Gasteiger charge is 2.20. The molecule has 0 aliphatic carbocycles. The smallest absolute Gasteiger partial charge is 0.335 e. The Bertz CT molecular complexity index is 507. The van der Waals surface area contributed by atoms with E-state index in [-0.39, 0.29) is 16.7 Å². The first-order valence-electron chi connectivity index (χ1n) is 6.02. The van der Waals surface area contributed by atoms with Crippen LogP contribution in [0.1, 0.15) is 29.6 Å². The van der Waals surface area contributed by atoms with Gasteiger partial charge < -0.3 is 10.4 Å². The molecule has 1 unspecified atom stereocenters. The minimum Gasteiger partial charge on any atom is -0.478 e. The van der Waals surface area contributed by atoms with Crippen molar-refractivity contribution in [2.24, 2.45) is 0 Å². The summed E-state index contributed by atoms with van der Waals surface area (Å²) in [6.07, 6.45) is 1.99. The SMILES string of the molecule is O=C1CC(Sc2cc(C(=O)O)ccc2F)CCCN1. The molecule has 1 aliphatic rings. The maximum atomic E-state index is 13.7. The summed E-state index contributed by atoms with van der Waals surface area (Å²) in [6.45, 7) is 0.646. The first-order chi connectivity index (χ1) is 9.06. The molecule has 1 aromatic carbocycles. The summed E-state index contributed by atoms with van der Waals surface area (Å²) in [5, 5.41) is 11.6. The summed E-state index contributed by atoms with van der Waals surface area (Å²) < 4.78 is 13.7. The average molecular weight is 283 g/mol. The van der Waals surface area contributed by atoms with E-state index in [4.69, 9.17) is 5.11 Å². The Morgan fingerprint density at radius 2 is 2.26 bits per heavy atom. The van der Waals surface area contributed by atoms with Crippen molar-refractivity contribution in [1.29, 1.82) is 0 Å². The number of hydrogen-bond acceptors (Lipinski definition) is 3. The van der Waals surface area contributed by atoms with E-state index in [9.17, 15) is 14.0 Å². The Kier molecular flexibility index (Phi) is 4.42. The summed E-state index contributed by atoms with van der Waals surface area (Å²) in [5.74, 6) is -1.56. The van der Waals surface area contributed by atoms with Crippen LogP contribution in [0, 0.1) is 5.82 Å². The molecule has 1 amide bonds. The zero-order chi connectivity index (χ0) is 13.8. The van der Waals surface area contributed by atoms with Crippen molar-refractivity contribution in [1.82, 2.24) is 5.32 Å². The number of carbonyl (C=O) groups is 2. The van der Waals surface area contributed by atoms with Crippen molar-refractivity contribution in [3.8, 4) is 0 Å². The van der Waals surface area contributed by atoms with Crippen molar-refractivity contribution in [3.63, 3.8) is 0 Å². The fourth-order valence-electron chi connectivity index (χ4n) is 1.95. The molecule has 1 aliphatic heterocycles. The van der Waals surface area contributed by atoms with Crippen LogP contribution < -0.4 is 5.32 Å². The number of carboxylic acids is 1. The third-order valence-electron chi connectivity index (χ3n) is 2.91. The van der Waals surface area contributed by atoms with Crippen molar-refractivity contribution < 1.29 is 19.1 Å². The summed E-state index contributed by atoms with van der Waals surface area (Å²) in [6, 6.07) is 3.72. The predicted molar refractivity (Wildman–Crippen MR) is 69.9 cm³/mol. The highest BCUT2D eigenvalue weighted by atomic mass is 32.2. The number of hydrogen-bond donors (Lipinski definition) is 2. The molecule has 2 rings (SSSR count). The summed E-state index contributed by atoms with van der Waals surface area (Å²) in [7, 11) is 0. The number of carboxylic acid groups (broad SMARTS) is 1. The molecule has 19 heavy (non-hydrogen) atoms. The number of benzene rings is 1. The lowest BCUT2D eigenvalue weighted by atomic mass is 10.2. The van der Waals surface area contributed by atoms with Crippen LogP contribution in [0.2, 0.25) is 0 Å². The first-order valence-corrected chi connectivity index (χ1v) is 6.90. The van der Waals surface area contributed by atoms with Gasteiger partial charge in [-0.25, -0.2) is 9.18 Å². The van der Waals surface area contributed by atoms with E-state index in [2.05, 4.69) is 5.32 Å². The Hall–Kier alpha value is -1.56. The Morgan fingerprint density at radius 1 is 1.47 bits per heavy atom. The largest absolute Gasteiger partial charge is 0.478 e. The second kappa shape index (κ2) is 6.06. The van der Waals surface area contributed by atoms with Crippen LogP contribution >= 0.6 is 11.8 Å². The Morgan fingerprint density at radius 3 is 3.00 bits per heavy atom. The van der Waals surface area contributed by atoms with Gasteiger partial charge in [0, 0.05) is 23.1 Å². The fourth-order valence-corrected chi connectivity index (χ4v) is 3.20. The van der Waals surface area contributed by atoms with E-state index in [1.54, 1.807) is 0 Å². The molecule has 4 nitrogen and oxygen atoms in total.